The topological polar surface area (TPSA) is 59.8 Å². The summed E-state index contributed by atoms with van der Waals surface area (Å²) in [5.74, 6) is 0.400. The third-order valence-electron chi connectivity index (χ3n) is 5.24. The molecule has 6 heteroatoms. The van der Waals surface area contributed by atoms with Crippen LogP contribution in [0.15, 0.2) is 36.7 Å². The van der Waals surface area contributed by atoms with Gasteiger partial charge in [-0.05, 0) is 36.5 Å². The van der Waals surface area contributed by atoms with Crippen LogP contribution in [0.3, 0.4) is 0 Å². The molecule has 1 aliphatic carbocycles. The van der Waals surface area contributed by atoms with Gasteiger partial charge in [0.15, 0.2) is 0 Å². The minimum Gasteiger partial charge on any atom is -0.350 e. The Balaban J connectivity index is 1.81. The Hall–Kier alpha value is -1.88. The van der Waals surface area contributed by atoms with Crippen molar-refractivity contribution in [3.05, 3.63) is 47.2 Å². The van der Waals surface area contributed by atoms with E-state index in [1.165, 1.54) is 0 Å². The van der Waals surface area contributed by atoms with Gasteiger partial charge in [-0.3, -0.25) is 4.79 Å². The molecule has 1 fully saturated rings. The van der Waals surface area contributed by atoms with E-state index in [9.17, 15) is 4.79 Å². The van der Waals surface area contributed by atoms with Gasteiger partial charge in [-0.25, -0.2) is 0 Å². The molecule has 1 aliphatic rings. The van der Waals surface area contributed by atoms with E-state index >= 15 is 0 Å². The number of nitrogens with zero attached hydrogens (tertiary/aromatic N) is 3. The number of hydrogen-bond acceptors (Lipinski definition) is 3. The van der Waals surface area contributed by atoms with Gasteiger partial charge in [0.2, 0.25) is 5.91 Å². The highest BCUT2D eigenvalue weighted by molar-refractivity contribution is 6.30. The first kappa shape index (κ1) is 17.9. The normalized spacial score (nSPS) is 17.6. The van der Waals surface area contributed by atoms with Crippen LogP contribution in [-0.2, 0) is 16.8 Å². The van der Waals surface area contributed by atoms with E-state index in [0.29, 0.717) is 17.5 Å². The van der Waals surface area contributed by atoms with Crippen LogP contribution in [-0.4, -0.2) is 26.9 Å². The second-order valence-corrected chi connectivity index (χ2v) is 7.64. The minimum atomic E-state index is -0.449. The number of benzene rings is 1. The molecule has 0 radical (unpaired) electrons. The zero-order valence-corrected chi connectivity index (χ0v) is 15.5. The van der Waals surface area contributed by atoms with Crippen molar-refractivity contribution in [3.8, 4) is 0 Å². The van der Waals surface area contributed by atoms with Crippen molar-refractivity contribution in [1.82, 2.24) is 20.3 Å². The summed E-state index contributed by atoms with van der Waals surface area (Å²) in [5.41, 5.74) is 0.613. The van der Waals surface area contributed by atoms with E-state index in [1.807, 2.05) is 24.3 Å². The van der Waals surface area contributed by atoms with Gasteiger partial charge < -0.3 is 5.32 Å². The highest BCUT2D eigenvalue weighted by Crippen LogP contribution is 2.41. The summed E-state index contributed by atoms with van der Waals surface area (Å²) < 4.78 is 0. The molecular formula is C19H25ClN4O. The molecular weight excluding hydrogens is 336 g/mol. The lowest BCUT2D eigenvalue weighted by Crippen LogP contribution is -2.50. The Morgan fingerprint density at radius 2 is 1.80 bits per heavy atom. The minimum absolute atomic E-state index is 0.00956. The van der Waals surface area contributed by atoms with Gasteiger partial charge in [0.1, 0.15) is 0 Å². The Kier molecular flexibility index (Phi) is 5.42. The van der Waals surface area contributed by atoms with Gasteiger partial charge in [0.05, 0.1) is 30.4 Å². The summed E-state index contributed by atoms with van der Waals surface area (Å²) >= 11 is 6.03. The standard InChI is InChI=1S/C19H25ClN4O/c1-14(2)17(13-24-21-11-12-22-24)23-18(25)19(9-3-4-10-19)15-5-7-16(20)8-6-15/h5-8,11-12,14,17H,3-4,9-10,13H2,1-2H3,(H,23,25). The van der Waals surface area contributed by atoms with Crippen molar-refractivity contribution in [3.63, 3.8) is 0 Å². The van der Waals surface area contributed by atoms with Crippen molar-refractivity contribution in [2.75, 3.05) is 0 Å². The van der Waals surface area contributed by atoms with Crippen LogP contribution in [0, 0.1) is 5.92 Å². The molecule has 1 atom stereocenters. The number of rotatable bonds is 6. The summed E-state index contributed by atoms with van der Waals surface area (Å²) in [6, 6.07) is 7.72. The average Bonchev–Trinajstić information content (AvgIpc) is 3.27. The molecule has 1 heterocycles. The van der Waals surface area contributed by atoms with Crippen molar-refractivity contribution < 1.29 is 4.79 Å². The molecule has 0 aliphatic heterocycles. The Morgan fingerprint density at radius 3 is 2.36 bits per heavy atom. The van der Waals surface area contributed by atoms with Crippen LogP contribution in [0.1, 0.15) is 45.1 Å². The molecule has 1 N–H and O–H groups in total. The monoisotopic (exact) mass is 360 g/mol. The van der Waals surface area contributed by atoms with Crippen LogP contribution < -0.4 is 5.32 Å². The molecule has 25 heavy (non-hydrogen) atoms. The second kappa shape index (κ2) is 7.56. The van der Waals surface area contributed by atoms with E-state index in [1.54, 1.807) is 17.2 Å². The van der Waals surface area contributed by atoms with Crippen molar-refractivity contribution in [2.45, 2.75) is 57.5 Å². The number of carbonyl (C=O) groups is 1. The Labute approximate surface area is 153 Å². The molecule has 5 nitrogen and oxygen atoms in total. The fourth-order valence-electron chi connectivity index (χ4n) is 3.64. The second-order valence-electron chi connectivity index (χ2n) is 7.20. The largest absolute Gasteiger partial charge is 0.350 e. The zero-order chi connectivity index (χ0) is 17.9. The van der Waals surface area contributed by atoms with E-state index < -0.39 is 5.41 Å². The number of nitrogens with one attached hydrogen (secondary N) is 1. The summed E-state index contributed by atoms with van der Waals surface area (Å²) in [6.45, 7) is 4.79. The molecule has 2 aromatic rings. The number of carbonyl (C=O) groups excluding carboxylic acids is 1. The predicted molar refractivity (Wildman–Crippen MR) is 98.4 cm³/mol. The smallest absolute Gasteiger partial charge is 0.230 e. The summed E-state index contributed by atoms with van der Waals surface area (Å²) in [4.78, 5) is 14.9. The highest BCUT2D eigenvalue weighted by Gasteiger charge is 2.43. The van der Waals surface area contributed by atoms with Gasteiger partial charge in [-0.2, -0.15) is 15.0 Å². The molecule has 1 saturated carbocycles. The van der Waals surface area contributed by atoms with Gasteiger partial charge in [-0.1, -0.05) is 50.4 Å². The van der Waals surface area contributed by atoms with E-state index in [2.05, 4.69) is 29.4 Å². The lowest BCUT2D eigenvalue weighted by molar-refractivity contribution is -0.127. The molecule has 0 bridgehead atoms. The molecule has 1 aromatic heterocycles. The van der Waals surface area contributed by atoms with Gasteiger partial charge in [-0.15, -0.1) is 0 Å². The summed E-state index contributed by atoms with van der Waals surface area (Å²) in [6.07, 6.45) is 7.22. The van der Waals surface area contributed by atoms with Crippen LogP contribution in [0.2, 0.25) is 5.02 Å². The average molecular weight is 361 g/mol. The third-order valence-corrected chi connectivity index (χ3v) is 5.49. The quantitative estimate of drug-likeness (QED) is 0.856. The molecule has 1 unspecified atom stereocenters. The Bertz CT molecular complexity index is 691. The maximum absolute atomic E-state index is 13.3. The number of halogens is 1. The van der Waals surface area contributed by atoms with Crippen LogP contribution in [0.5, 0.6) is 0 Å². The van der Waals surface area contributed by atoms with Crippen molar-refractivity contribution in [1.29, 1.82) is 0 Å². The number of hydrogen-bond donors (Lipinski definition) is 1. The lowest BCUT2D eigenvalue weighted by Gasteiger charge is -2.32. The van der Waals surface area contributed by atoms with E-state index in [0.717, 1.165) is 31.2 Å². The summed E-state index contributed by atoms with van der Waals surface area (Å²) in [7, 11) is 0. The molecule has 0 saturated heterocycles. The zero-order valence-electron chi connectivity index (χ0n) is 14.8. The van der Waals surface area contributed by atoms with E-state index in [4.69, 9.17) is 11.6 Å². The fourth-order valence-corrected chi connectivity index (χ4v) is 3.76. The molecule has 3 rings (SSSR count). The molecule has 1 amide bonds. The maximum atomic E-state index is 13.3. The van der Waals surface area contributed by atoms with Crippen molar-refractivity contribution >= 4 is 17.5 Å². The lowest BCUT2D eigenvalue weighted by atomic mass is 9.77. The number of aromatic nitrogens is 3. The first-order valence-corrected chi connectivity index (χ1v) is 9.30. The Morgan fingerprint density at radius 1 is 1.20 bits per heavy atom. The first-order chi connectivity index (χ1) is 12.0. The number of amides is 1. The molecule has 134 valence electrons. The van der Waals surface area contributed by atoms with Gasteiger partial charge in [0.25, 0.3) is 0 Å². The maximum Gasteiger partial charge on any atom is 0.230 e. The fraction of sp³-hybridized carbons (Fsp3) is 0.526. The summed E-state index contributed by atoms with van der Waals surface area (Å²) in [5, 5.41) is 12.3. The van der Waals surface area contributed by atoms with Crippen LogP contribution in [0.4, 0.5) is 0 Å². The van der Waals surface area contributed by atoms with Crippen LogP contribution >= 0.6 is 11.6 Å². The van der Waals surface area contributed by atoms with Gasteiger partial charge in [0, 0.05) is 5.02 Å². The molecule has 0 spiro atoms. The van der Waals surface area contributed by atoms with Gasteiger partial charge >= 0.3 is 0 Å². The first-order valence-electron chi connectivity index (χ1n) is 8.92. The highest BCUT2D eigenvalue weighted by atomic mass is 35.5. The van der Waals surface area contributed by atoms with E-state index in [-0.39, 0.29) is 11.9 Å². The predicted octanol–water partition coefficient (Wildman–Crippen LogP) is 3.58. The molecule has 1 aromatic carbocycles. The third kappa shape index (κ3) is 3.87. The van der Waals surface area contributed by atoms with Crippen LogP contribution in [0.25, 0.3) is 0 Å². The SMILES string of the molecule is CC(C)C(Cn1nccn1)NC(=O)C1(c2ccc(Cl)cc2)CCCC1. The van der Waals surface area contributed by atoms with Crippen molar-refractivity contribution in [2.24, 2.45) is 5.92 Å².